The number of rotatable bonds is 5. The summed E-state index contributed by atoms with van der Waals surface area (Å²) in [6, 6.07) is -0.321. The SMILES string of the molecule is CC(C)C(CO)NC(=O)[C@@H]1CC=CC[C@@H]1C(=O)O. The number of nitrogens with one attached hydrogen (secondary N) is 1. The van der Waals surface area contributed by atoms with Gasteiger partial charge in [-0.25, -0.2) is 0 Å². The van der Waals surface area contributed by atoms with E-state index in [4.69, 9.17) is 5.11 Å². The zero-order valence-corrected chi connectivity index (χ0v) is 10.8. The van der Waals surface area contributed by atoms with E-state index >= 15 is 0 Å². The summed E-state index contributed by atoms with van der Waals surface area (Å²) in [5, 5.41) is 21.0. The van der Waals surface area contributed by atoms with Crippen molar-refractivity contribution in [2.75, 3.05) is 6.61 Å². The van der Waals surface area contributed by atoms with E-state index in [1.807, 2.05) is 19.9 Å². The number of carboxylic acid groups (broad SMARTS) is 1. The Kier molecular flexibility index (Phi) is 5.34. The standard InChI is InChI=1S/C13H21NO4/c1-8(2)11(7-15)14-12(16)9-5-3-4-6-10(9)13(17)18/h3-4,8-11,15H,5-7H2,1-2H3,(H,14,16)(H,17,18)/t9-,10+,11?/m1/s1. The molecule has 5 heteroatoms. The minimum absolute atomic E-state index is 0.112. The molecule has 1 rings (SSSR count). The van der Waals surface area contributed by atoms with Gasteiger partial charge in [0.25, 0.3) is 0 Å². The zero-order chi connectivity index (χ0) is 13.7. The molecule has 0 aromatic rings. The van der Waals surface area contributed by atoms with Gasteiger partial charge in [0.05, 0.1) is 24.5 Å². The topological polar surface area (TPSA) is 86.6 Å². The van der Waals surface area contributed by atoms with Crippen LogP contribution < -0.4 is 5.32 Å². The summed E-state index contributed by atoms with van der Waals surface area (Å²) in [5.74, 6) is -2.31. The Balaban J connectivity index is 2.69. The Bertz CT molecular complexity index is 338. The number of amides is 1. The molecule has 5 nitrogen and oxygen atoms in total. The van der Waals surface area contributed by atoms with Crippen molar-refractivity contribution in [1.82, 2.24) is 5.32 Å². The van der Waals surface area contributed by atoms with Crippen molar-refractivity contribution in [2.45, 2.75) is 32.7 Å². The number of carbonyl (C=O) groups excluding carboxylic acids is 1. The van der Waals surface area contributed by atoms with Gasteiger partial charge < -0.3 is 15.5 Å². The number of hydrogen-bond acceptors (Lipinski definition) is 3. The highest BCUT2D eigenvalue weighted by Gasteiger charge is 2.34. The lowest BCUT2D eigenvalue weighted by Gasteiger charge is -2.27. The third-order valence-corrected chi connectivity index (χ3v) is 3.42. The number of carboxylic acids is 1. The highest BCUT2D eigenvalue weighted by Crippen LogP contribution is 2.26. The van der Waals surface area contributed by atoms with E-state index in [1.165, 1.54) is 0 Å². The number of aliphatic carboxylic acids is 1. The van der Waals surface area contributed by atoms with Gasteiger partial charge in [-0.1, -0.05) is 26.0 Å². The van der Waals surface area contributed by atoms with Crippen LogP contribution in [0.1, 0.15) is 26.7 Å². The highest BCUT2D eigenvalue weighted by atomic mass is 16.4. The van der Waals surface area contributed by atoms with E-state index in [9.17, 15) is 14.7 Å². The second-order valence-electron chi connectivity index (χ2n) is 5.04. The maximum atomic E-state index is 12.1. The number of aliphatic hydroxyl groups is 1. The maximum Gasteiger partial charge on any atom is 0.307 e. The van der Waals surface area contributed by atoms with Gasteiger partial charge in [-0.2, -0.15) is 0 Å². The smallest absolute Gasteiger partial charge is 0.307 e. The number of hydrogen-bond donors (Lipinski definition) is 3. The van der Waals surface area contributed by atoms with E-state index < -0.39 is 17.8 Å². The minimum Gasteiger partial charge on any atom is -0.481 e. The first kappa shape index (κ1) is 14.7. The molecule has 1 aliphatic rings. The predicted octanol–water partition coefficient (Wildman–Crippen LogP) is 0.787. The predicted molar refractivity (Wildman–Crippen MR) is 66.8 cm³/mol. The summed E-state index contributed by atoms with van der Waals surface area (Å²) < 4.78 is 0. The molecular weight excluding hydrogens is 234 g/mol. The van der Waals surface area contributed by atoms with Crippen LogP contribution in [0.15, 0.2) is 12.2 Å². The van der Waals surface area contributed by atoms with Crippen LogP contribution in [0.5, 0.6) is 0 Å². The molecule has 0 aromatic heterocycles. The van der Waals surface area contributed by atoms with Crippen LogP contribution in [0.25, 0.3) is 0 Å². The van der Waals surface area contributed by atoms with E-state index in [2.05, 4.69) is 5.32 Å². The molecule has 1 unspecified atom stereocenters. The minimum atomic E-state index is -0.940. The third-order valence-electron chi connectivity index (χ3n) is 3.42. The van der Waals surface area contributed by atoms with Gasteiger partial charge in [-0.3, -0.25) is 9.59 Å². The third kappa shape index (κ3) is 3.57. The molecule has 3 N–H and O–H groups in total. The average molecular weight is 255 g/mol. The molecule has 102 valence electrons. The number of allylic oxidation sites excluding steroid dienone is 2. The second-order valence-corrected chi connectivity index (χ2v) is 5.04. The molecule has 1 amide bonds. The molecule has 0 heterocycles. The fourth-order valence-corrected chi connectivity index (χ4v) is 2.09. The Labute approximate surface area is 107 Å². The lowest BCUT2D eigenvalue weighted by molar-refractivity contribution is -0.147. The van der Waals surface area contributed by atoms with Gasteiger partial charge in [-0.05, 0) is 18.8 Å². The lowest BCUT2D eigenvalue weighted by atomic mass is 9.82. The zero-order valence-electron chi connectivity index (χ0n) is 10.8. The van der Waals surface area contributed by atoms with Crippen LogP contribution in [-0.2, 0) is 9.59 Å². The molecule has 0 aromatic carbocycles. The van der Waals surface area contributed by atoms with Crippen LogP contribution in [0.4, 0.5) is 0 Å². The Hall–Kier alpha value is -1.36. The molecule has 0 radical (unpaired) electrons. The molecule has 0 saturated carbocycles. The van der Waals surface area contributed by atoms with Crippen molar-refractivity contribution in [3.8, 4) is 0 Å². The highest BCUT2D eigenvalue weighted by molar-refractivity contribution is 5.85. The van der Waals surface area contributed by atoms with Crippen molar-refractivity contribution in [2.24, 2.45) is 17.8 Å². The Morgan fingerprint density at radius 2 is 1.83 bits per heavy atom. The molecule has 0 bridgehead atoms. The molecular formula is C13H21NO4. The van der Waals surface area contributed by atoms with Crippen molar-refractivity contribution in [3.63, 3.8) is 0 Å². The summed E-state index contributed by atoms with van der Waals surface area (Å²) in [7, 11) is 0. The molecule has 1 aliphatic carbocycles. The van der Waals surface area contributed by atoms with E-state index in [0.29, 0.717) is 12.8 Å². The van der Waals surface area contributed by atoms with Crippen molar-refractivity contribution < 1.29 is 19.8 Å². The van der Waals surface area contributed by atoms with E-state index in [0.717, 1.165) is 0 Å². The van der Waals surface area contributed by atoms with Crippen LogP contribution in [-0.4, -0.2) is 34.7 Å². The molecule has 0 fully saturated rings. The van der Waals surface area contributed by atoms with Gasteiger partial charge in [0.2, 0.25) is 5.91 Å². The first-order chi connectivity index (χ1) is 8.47. The van der Waals surface area contributed by atoms with Crippen molar-refractivity contribution in [1.29, 1.82) is 0 Å². The molecule has 0 spiro atoms. The normalized spacial score (nSPS) is 24.9. The van der Waals surface area contributed by atoms with Gasteiger partial charge in [0, 0.05) is 0 Å². The van der Waals surface area contributed by atoms with Crippen LogP contribution in [0.2, 0.25) is 0 Å². The number of aliphatic hydroxyl groups excluding tert-OH is 1. The molecule has 3 atom stereocenters. The maximum absolute atomic E-state index is 12.1. The first-order valence-electron chi connectivity index (χ1n) is 6.26. The monoisotopic (exact) mass is 255 g/mol. The van der Waals surface area contributed by atoms with Crippen LogP contribution >= 0.6 is 0 Å². The summed E-state index contributed by atoms with van der Waals surface area (Å²) in [5.41, 5.74) is 0. The summed E-state index contributed by atoms with van der Waals surface area (Å²) in [4.78, 5) is 23.2. The van der Waals surface area contributed by atoms with E-state index in [-0.39, 0.29) is 24.5 Å². The quantitative estimate of drug-likeness (QED) is 0.634. The fourth-order valence-electron chi connectivity index (χ4n) is 2.09. The average Bonchev–Trinajstić information content (AvgIpc) is 2.35. The van der Waals surface area contributed by atoms with Crippen molar-refractivity contribution in [3.05, 3.63) is 12.2 Å². The summed E-state index contributed by atoms with van der Waals surface area (Å²) in [6.07, 6.45) is 4.47. The molecule has 18 heavy (non-hydrogen) atoms. The van der Waals surface area contributed by atoms with Gasteiger partial charge >= 0.3 is 5.97 Å². The van der Waals surface area contributed by atoms with Gasteiger partial charge in [0.15, 0.2) is 0 Å². The van der Waals surface area contributed by atoms with Crippen LogP contribution in [0, 0.1) is 17.8 Å². The number of carbonyl (C=O) groups is 2. The molecule has 0 aliphatic heterocycles. The largest absolute Gasteiger partial charge is 0.481 e. The molecule has 0 saturated heterocycles. The Morgan fingerprint density at radius 1 is 1.28 bits per heavy atom. The van der Waals surface area contributed by atoms with Gasteiger partial charge in [0.1, 0.15) is 0 Å². The second kappa shape index (κ2) is 6.54. The van der Waals surface area contributed by atoms with Crippen LogP contribution in [0.3, 0.4) is 0 Å². The fraction of sp³-hybridized carbons (Fsp3) is 0.692. The summed E-state index contributed by atoms with van der Waals surface area (Å²) >= 11 is 0. The lowest BCUT2D eigenvalue weighted by Crippen LogP contribution is -2.46. The Morgan fingerprint density at radius 3 is 2.28 bits per heavy atom. The van der Waals surface area contributed by atoms with Crippen molar-refractivity contribution >= 4 is 11.9 Å². The first-order valence-corrected chi connectivity index (χ1v) is 6.26. The van der Waals surface area contributed by atoms with Gasteiger partial charge in [-0.15, -0.1) is 0 Å². The van der Waals surface area contributed by atoms with E-state index in [1.54, 1.807) is 6.08 Å². The summed E-state index contributed by atoms with van der Waals surface area (Å²) in [6.45, 7) is 3.66.